The molecule has 0 amide bonds. The van der Waals surface area contributed by atoms with Crippen LogP contribution in [0.4, 0.5) is 27.6 Å². The number of hydrogen-bond acceptors (Lipinski definition) is 7. The highest BCUT2D eigenvalue weighted by Gasteiger charge is 2.49. The molecule has 0 aliphatic carbocycles. The highest BCUT2D eigenvalue weighted by molar-refractivity contribution is 6.03. The topological polar surface area (TPSA) is 79.4 Å². The Hall–Kier alpha value is -3.74. The van der Waals surface area contributed by atoms with Crippen molar-refractivity contribution in [3.05, 3.63) is 35.3 Å². The highest BCUT2D eigenvalue weighted by atomic mass is 19.4. The van der Waals surface area contributed by atoms with E-state index in [1.807, 2.05) is 0 Å². The molecule has 0 spiro atoms. The quantitative estimate of drug-likeness (QED) is 0.235. The van der Waals surface area contributed by atoms with Crippen LogP contribution >= 0.6 is 0 Å². The molecule has 244 valence electrons. The zero-order valence-electron chi connectivity index (χ0n) is 25.5. The van der Waals surface area contributed by atoms with Crippen molar-refractivity contribution in [2.24, 2.45) is 0 Å². The smallest absolute Gasteiger partial charge is 0.417 e. The van der Waals surface area contributed by atoms with Gasteiger partial charge < -0.3 is 14.4 Å². The third kappa shape index (κ3) is 4.67. The van der Waals surface area contributed by atoms with Crippen molar-refractivity contribution in [3.8, 4) is 23.0 Å². The number of rotatable bonds is 5. The molecule has 3 saturated heterocycles. The second-order valence-corrected chi connectivity index (χ2v) is 13.1. The van der Waals surface area contributed by atoms with Crippen molar-refractivity contribution in [2.75, 3.05) is 37.7 Å². The van der Waals surface area contributed by atoms with Crippen LogP contribution in [0.25, 0.3) is 33.1 Å². The van der Waals surface area contributed by atoms with Gasteiger partial charge in [0.2, 0.25) is 11.8 Å². The van der Waals surface area contributed by atoms with E-state index in [-0.39, 0.29) is 53.9 Å². The summed E-state index contributed by atoms with van der Waals surface area (Å²) in [5.41, 5.74) is -1.51. The van der Waals surface area contributed by atoms with Gasteiger partial charge in [0.05, 0.1) is 39.9 Å². The van der Waals surface area contributed by atoms with Crippen LogP contribution < -0.4 is 14.4 Å². The fourth-order valence-corrected chi connectivity index (χ4v) is 8.26. The second-order valence-electron chi connectivity index (χ2n) is 13.1. The zero-order valence-corrected chi connectivity index (χ0v) is 25.5. The zero-order chi connectivity index (χ0) is 31.8. The number of H-pyrrole nitrogens is 1. The normalized spacial score (nSPS) is 25.0. The molecule has 3 atom stereocenters. The van der Waals surface area contributed by atoms with Crippen LogP contribution in [0.2, 0.25) is 0 Å². The van der Waals surface area contributed by atoms with Crippen LogP contribution in [0.3, 0.4) is 0 Å². The van der Waals surface area contributed by atoms with Gasteiger partial charge in [0, 0.05) is 36.5 Å². The van der Waals surface area contributed by atoms with Crippen molar-refractivity contribution >= 4 is 27.5 Å². The van der Waals surface area contributed by atoms with Crippen molar-refractivity contribution in [3.63, 3.8) is 0 Å². The fourth-order valence-electron chi connectivity index (χ4n) is 8.26. The SMILES string of the molecule is CCc1cc2[nH]ncc2c(-c2nc3c4c(cc(OC[C@@]56CCCN5C[C@H](F)C6)nc4c2F)N2CCCCC[C@@H]2CO3)c1C(F)(F)F. The summed E-state index contributed by atoms with van der Waals surface area (Å²) >= 11 is 0. The summed E-state index contributed by atoms with van der Waals surface area (Å²) in [6.07, 6.45) is 1.46. The van der Waals surface area contributed by atoms with Crippen molar-refractivity contribution in [2.45, 2.75) is 82.2 Å². The summed E-state index contributed by atoms with van der Waals surface area (Å²) < 4.78 is 88.4. The van der Waals surface area contributed by atoms with Gasteiger partial charge in [-0.25, -0.2) is 18.7 Å². The minimum Gasteiger partial charge on any atom is -0.476 e. The van der Waals surface area contributed by atoms with E-state index in [2.05, 4.69) is 30.0 Å². The fraction of sp³-hybridized carbons (Fsp3) is 0.545. The van der Waals surface area contributed by atoms with Crippen LogP contribution in [-0.2, 0) is 12.6 Å². The number of nitrogens with one attached hydrogen (secondary N) is 1. The van der Waals surface area contributed by atoms with E-state index in [0.717, 1.165) is 45.1 Å². The van der Waals surface area contributed by atoms with Gasteiger partial charge in [-0.3, -0.25) is 10.00 Å². The Kier molecular flexibility index (Phi) is 7.04. The Morgan fingerprint density at radius 1 is 1.13 bits per heavy atom. The predicted octanol–water partition coefficient (Wildman–Crippen LogP) is 6.99. The first kappa shape index (κ1) is 29.6. The lowest BCUT2D eigenvalue weighted by Crippen LogP contribution is -2.43. The molecular weight excluding hydrogens is 607 g/mol. The summed E-state index contributed by atoms with van der Waals surface area (Å²) in [6.45, 7) is 3.90. The Labute approximate surface area is 262 Å². The number of fused-ring (bicyclic) bond motifs is 4. The van der Waals surface area contributed by atoms with Gasteiger partial charge in [0.25, 0.3) is 0 Å². The molecule has 0 saturated carbocycles. The van der Waals surface area contributed by atoms with Crippen LogP contribution in [-0.4, -0.2) is 75.7 Å². The summed E-state index contributed by atoms with van der Waals surface area (Å²) in [5, 5.41) is 7.13. The predicted molar refractivity (Wildman–Crippen MR) is 163 cm³/mol. The van der Waals surface area contributed by atoms with Gasteiger partial charge in [-0.05, 0) is 50.3 Å². The van der Waals surface area contributed by atoms with Crippen LogP contribution in [0.5, 0.6) is 11.8 Å². The molecule has 7 heterocycles. The van der Waals surface area contributed by atoms with E-state index in [0.29, 0.717) is 36.1 Å². The molecule has 3 fully saturated rings. The number of pyridine rings is 2. The third-order valence-corrected chi connectivity index (χ3v) is 10.4. The molecule has 4 aliphatic rings. The number of aromatic amines is 1. The number of hydrogen-bond donors (Lipinski definition) is 1. The molecule has 4 aromatic rings. The van der Waals surface area contributed by atoms with Crippen molar-refractivity contribution < 1.29 is 31.4 Å². The lowest BCUT2D eigenvalue weighted by molar-refractivity contribution is -0.137. The first-order chi connectivity index (χ1) is 22.2. The average molecular weight is 643 g/mol. The van der Waals surface area contributed by atoms with Gasteiger partial charge in [0.15, 0.2) is 5.82 Å². The number of alkyl halides is 4. The maximum absolute atomic E-state index is 17.0. The monoisotopic (exact) mass is 642 g/mol. The Morgan fingerprint density at radius 3 is 2.83 bits per heavy atom. The van der Waals surface area contributed by atoms with E-state index in [1.165, 1.54) is 12.3 Å². The first-order valence-corrected chi connectivity index (χ1v) is 16.2. The third-order valence-electron chi connectivity index (χ3n) is 10.4. The second kappa shape index (κ2) is 10.9. The van der Waals surface area contributed by atoms with E-state index >= 15 is 4.39 Å². The molecule has 0 unspecified atom stereocenters. The van der Waals surface area contributed by atoms with E-state index in [9.17, 15) is 17.6 Å². The summed E-state index contributed by atoms with van der Waals surface area (Å²) in [6, 6.07) is 3.13. The maximum atomic E-state index is 17.0. The molecule has 8 rings (SSSR count). The number of halogens is 5. The molecular formula is C33H35F5N6O2. The van der Waals surface area contributed by atoms with Crippen LogP contribution in [0.1, 0.15) is 63.0 Å². The molecule has 13 heteroatoms. The van der Waals surface area contributed by atoms with E-state index in [1.54, 1.807) is 13.0 Å². The lowest BCUT2D eigenvalue weighted by atomic mass is 9.92. The summed E-state index contributed by atoms with van der Waals surface area (Å²) in [4.78, 5) is 13.4. The molecule has 8 nitrogen and oxygen atoms in total. The number of aryl methyl sites for hydroxylation is 1. The molecule has 1 aromatic carbocycles. The lowest BCUT2D eigenvalue weighted by Gasteiger charge is -2.32. The van der Waals surface area contributed by atoms with E-state index < -0.39 is 40.5 Å². The molecule has 46 heavy (non-hydrogen) atoms. The molecule has 1 N–H and O–H groups in total. The average Bonchev–Trinajstić information content (AvgIpc) is 3.64. The molecule has 0 radical (unpaired) electrons. The first-order valence-electron chi connectivity index (χ1n) is 16.2. The Morgan fingerprint density at radius 2 is 2.00 bits per heavy atom. The number of aromatic nitrogens is 4. The minimum absolute atomic E-state index is 0.00505. The molecule has 0 bridgehead atoms. The van der Waals surface area contributed by atoms with Crippen molar-refractivity contribution in [1.29, 1.82) is 0 Å². The van der Waals surface area contributed by atoms with Gasteiger partial charge in [-0.2, -0.15) is 18.3 Å². The minimum atomic E-state index is -4.80. The largest absolute Gasteiger partial charge is 0.476 e. The number of anilines is 1. The van der Waals surface area contributed by atoms with Gasteiger partial charge in [-0.15, -0.1) is 0 Å². The number of nitrogens with zero attached hydrogens (tertiary/aromatic N) is 5. The molecule has 4 aliphatic heterocycles. The van der Waals surface area contributed by atoms with Gasteiger partial charge >= 0.3 is 6.18 Å². The van der Waals surface area contributed by atoms with Crippen molar-refractivity contribution in [1.82, 2.24) is 25.1 Å². The Bertz CT molecular complexity index is 1830. The highest BCUT2D eigenvalue weighted by Crippen LogP contribution is 2.48. The maximum Gasteiger partial charge on any atom is 0.417 e. The van der Waals surface area contributed by atoms with Crippen LogP contribution in [0.15, 0.2) is 18.3 Å². The summed E-state index contributed by atoms with van der Waals surface area (Å²) in [5.74, 6) is -0.810. The number of ether oxygens (including phenoxy) is 2. The molecule has 3 aromatic heterocycles. The standard InChI is InChI=1S/C33H35F5N6O2/c1-2-18-11-22-21(14-39-42-22)25(27(18)33(36,37)38)29-28(35)30-26-23(44-10-5-3-4-7-20(44)16-45-31(26)41-29)12-24(40-30)46-17-32-8-6-9-43(32)15-19(34)13-32/h11-12,14,19-20H,2-10,13,15-17H2,1H3,(H,39,42)/t19-,20-,32+/m1/s1. The van der Waals surface area contributed by atoms with Gasteiger partial charge in [0.1, 0.15) is 30.6 Å². The summed E-state index contributed by atoms with van der Waals surface area (Å²) in [7, 11) is 0. The van der Waals surface area contributed by atoms with E-state index in [4.69, 9.17) is 9.47 Å². The number of benzene rings is 1. The van der Waals surface area contributed by atoms with Gasteiger partial charge in [-0.1, -0.05) is 19.8 Å². The van der Waals surface area contributed by atoms with Crippen LogP contribution in [0, 0.1) is 5.82 Å². The Balaban J connectivity index is 1.35.